The van der Waals surface area contributed by atoms with Crippen molar-refractivity contribution in [3.05, 3.63) is 60.2 Å². The van der Waals surface area contributed by atoms with Gasteiger partial charge in [-0.3, -0.25) is 9.10 Å². The van der Waals surface area contributed by atoms with E-state index in [2.05, 4.69) is 0 Å². The van der Waals surface area contributed by atoms with Gasteiger partial charge in [-0.05, 0) is 38.1 Å². The number of sulfonamides is 1. The molecule has 0 saturated heterocycles. The summed E-state index contributed by atoms with van der Waals surface area (Å²) in [5.74, 6) is -2.81. The lowest BCUT2D eigenvalue weighted by atomic mass is 10.3. The van der Waals surface area contributed by atoms with Crippen molar-refractivity contribution < 1.29 is 26.7 Å². The lowest BCUT2D eigenvalue weighted by Gasteiger charge is -2.24. The molecule has 2 aromatic rings. The van der Waals surface area contributed by atoms with Crippen molar-refractivity contribution in [3.63, 3.8) is 0 Å². The molecule has 0 radical (unpaired) electrons. The molecule has 0 atom stereocenters. The summed E-state index contributed by atoms with van der Waals surface area (Å²) in [6, 6.07) is 9.69. The summed E-state index contributed by atoms with van der Waals surface area (Å²) < 4.78 is 58.6. The number of hydrogen-bond acceptors (Lipinski definition) is 4. The Morgan fingerprint density at radius 2 is 1.76 bits per heavy atom. The van der Waals surface area contributed by atoms with E-state index in [-0.39, 0.29) is 4.90 Å². The molecule has 0 aliphatic carbocycles. The standard InChI is InChI=1S/C17H17F2NO4S/c1-12(2)24-17(21)11-20(16-9-8-13(18)10-15(16)19)25(22,23)14-6-4-3-5-7-14/h3-10,12H,11H2,1-2H3. The van der Waals surface area contributed by atoms with Crippen molar-refractivity contribution in [2.75, 3.05) is 10.8 Å². The van der Waals surface area contributed by atoms with Crippen LogP contribution in [0.4, 0.5) is 14.5 Å². The molecule has 0 heterocycles. The van der Waals surface area contributed by atoms with Crippen LogP contribution in [-0.2, 0) is 19.6 Å². The minimum Gasteiger partial charge on any atom is -0.462 e. The predicted octanol–water partition coefficient (Wildman–Crippen LogP) is 3.11. The normalized spacial score (nSPS) is 11.4. The fraction of sp³-hybridized carbons (Fsp3) is 0.235. The van der Waals surface area contributed by atoms with Crippen molar-refractivity contribution in [2.45, 2.75) is 24.8 Å². The molecular formula is C17H17F2NO4S. The fourth-order valence-corrected chi connectivity index (χ4v) is 3.56. The average molecular weight is 369 g/mol. The molecule has 0 N–H and O–H groups in total. The minimum atomic E-state index is -4.25. The van der Waals surface area contributed by atoms with Gasteiger partial charge < -0.3 is 4.74 Å². The maximum Gasteiger partial charge on any atom is 0.327 e. The molecule has 5 nitrogen and oxygen atoms in total. The van der Waals surface area contributed by atoms with Gasteiger partial charge in [-0.2, -0.15) is 0 Å². The van der Waals surface area contributed by atoms with Gasteiger partial charge in [0.1, 0.15) is 18.2 Å². The van der Waals surface area contributed by atoms with E-state index in [1.165, 1.54) is 24.3 Å². The number of esters is 1. The zero-order valence-electron chi connectivity index (χ0n) is 13.6. The summed E-state index contributed by atoms with van der Waals surface area (Å²) in [6.07, 6.45) is -0.466. The number of nitrogens with zero attached hydrogens (tertiary/aromatic N) is 1. The van der Waals surface area contributed by atoms with Crippen molar-refractivity contribution in [1.29, 1.82) is 0 Å². The zero-order valence-corrected chi connectivity index (χ0v) is 14.5. The lowest BCUT2D eigenvalue weighted by molar-refractivity contribution is -0.145. The molecule has 2 aromatic carbocycles. The van der Waals surface area contributed by atoms with Gasteiger partial charge in [0.25, 0.3) is 10.0 Å². The molecule has 25 heavy (non-hydrogen) atoms. The number of rotatable bonds is 6. The fourth-order valence-electron chi connectivity index (χ4n) is 2.12. The lowest BCUT2D eigenvalue weighted by Crippen LogP contribution is -2.37. The quantitative estimate of drug-likeness (QED) is 0.734. The van der Waals surface area contributed by atoms with Gasteiger partial charge in [-0.15, -0.1) is 0 Å². The third-order valence-electron chi connectivity index (χ3n) is 3.15. The molecule has 2 rings (SSSR count). The molecule has 0 saturated carbocycles. The highest BCUT2D eigenvalue weighted by atomic mass is 32.2. The van der Waals surface area contributed by atoms with Gasteiger partial charge >= 0.3 is 5.97 Å². The van der Waals surface area contributed by atoms with E-state index < -0.39 is 46.0 Å². The van der Waals surface area contributed by atoms with Crippen LogP contribution >= 0.6 is 0 Å². The second kappa shape index (κ2) is 7.60. The number of hydrogen-bond donors (Lipinski definition) is 0. The smallest absolute Gasteiger partial charge is 0.327 e. The first-order valence-electron chi connectivity index (χ1n) is 7.44. The van der Waals surface area contributed by atoms with Crippen LogP contribution in [-0.4, -0.2) is 27.0 Å². The monoisotopic (exact) mass is 369 g/mol. The Morgan fingerprint density at radius 3 is 2.32 bits per heavy atom. The summed E-state index contributed by atoms with van der Waals surface area (Å²) in [4.78, 5) is 11.8. The maximum atomic E-state index is 14.2. The highest BCUT2D eigenvalue weighted by Gasteiger charge is 2.30. The van der Waals surface area contributed by atoms with E-state index in [9.17, 15) is 22.0 Å². The van der Waals surface area contributed by atoms with Crippen molar-refractivity contribution in [3.8, 4) is 0 Å². The molecule has 0 aliphatic heterocycles. The van der Waals surface area contributed by atoms with Gasteiger partial charge in [0.05, 0.1) is 16.7 Å². The molecule has 134 valence electrons. The van der Waals surface area contributed by atoms with Crippen LogP contribution in [0.5, 0.6) is 0 Å². The zero-order chi connectivity index (χ0) is 18.6. The van der Waals surface area contributed by atoms with Crippen molar-refractivity contribution >= 4 is 21.7 Å². The van der Waals surface area contributed by atoms with E-state index in [1.807, 2.05) is 0 Å². The highest BCUT2D eigenvalue weighted by Crippen LogP contribution is 2.27. The molecule has 0 fully saturated rings. The van der Waals surface area contributed by atoms with E-state index in [4.69, 9.17) is 4.74 Å². The Balaban J connectivity index is 2.50. The number of carbonyl (C=O) groups excluding carboxylic acids is 1. The van der Waals surface area contributed by atoms with Crippen LogP contribution in [0.2, 0.25) is 0 Å². The van der Waals surface area contributed by atoms with Gasteiger partial charge in [0.2, 0.25) is 0 Å². The first-order chi connectivity index (χ1) is 11.7. The van der Waals surface area contributed by atoms with Gasteiger partial charge in [0, 0.05) is 6.07 Å². The van der Waals surface area contributed by atoms with Crippen LogP contribution < -0.4 is 4.31 Å². The summed E-state index contributed by atoms with van der Waals surface area (Å²) in [5, 5.41) is 0. The third-order valence-corrected chi connectivity index (χ3v) is 4.92. The molecule has 8 heteroatoms. The van der Waals surface area contributed by atoms with Gasteiger partial charge in [-0.1, -0.05) is 18.2 Å². The average Bonchev–Trinajstić information content (AvgIpc) is 2.53. The second-order valence-corrected chi connectivity index (χ2v) is 7.32. The SMILES string of the molecule is CC(C)OC(=O)CN(c1ccc(F)cc1F)S(=O)(=O)c1ccccc1. The largest absolute Gasteiger partial charge is 0.462 e. The van der Waals surface area contributed by atoms with Gasteiger partial charge in [-0.25, -0.2) is 17.2 Å². The summed E-state index contributed by atoms with van der Waals surface area (Å²) in [7, 11) is -4.25. The Hall–Kier alpha value is -2.48. The van der Waals surface area contributed by atoms with E-state index in [1.54, 1.807) is 19.9 Å². The Bertz CT molecular complexity index is 854. The number of ether oxygens (including phenoxy) is 1. The van der Waals surface area contributed by atoms with E-state index >= 15 is 0 Å². The van der Waals surface area contributed by atoms with Crippen LogP contribution in [0.15, 0.2) is 53.4 Å². The Morgan fingerprint density at radius 1 is 1.12 bits per heavy atom. The molecule has 0 aromatic heterocycles. The number of benzene rings is 2. The molecule has 0 bridgehead atoms. The molecule has 0 aliphatic rings. The molecule has 0 unspecified atom stereocenters. The topological polar surface area (TPSA) is 63.7 Å². The molecule has 0 spiro atoms. The number of halogens is 2. The summed E-state index contributed by atoms with van der Waals surface area (Å²) in [6.45, 7) is 2.47. The van der Waals surface area contributed by atoms with Crippen LogP contribution in [0.3, 0.4) is 0 Å². The highest BCUT2D eigenvalue weighted by molar-refractivity contribution is 7.92. The summed E-state index contributed by atoms with van der Waals surface area (Å²) in [5.41, 5.74) is -0.439. The Labute approximate surface area is 144 Å². The first-order valence-corrected chi connectivity index (χ1v) is 8.88. The van der Waals surface area contributed by atoms with Crippen molar-refractivity contribution in [2.24, 2.45) is 0 Å². The number of carbonyl (C=O) groups is 1. The van der Waals surface area contributed by atoms with Gasteiger partial charge in [0.15, 0.2) is 0 Å². The van der Waals surface area contributed by atoms with E-state index in [0.717, 1.165) is 12.1 Å². The molecule has 0 amide bonds. The van der Waals surface area contributed by atoms with Crippen LogP contribution in [0.1, 0.15) is 13.8 Å². The predicted molar refractivity (Wildman–Crippen MR) is 88.6 cm³/mol. The van der Waals surface area contributed by atoms with Crippen molar-refractivity contribution in [1.82, 2.24) is 0 Å². The third kappa shape index (κ3) is 4.54. The second-order valence-electron chi connectivity index (χ2n) is 5.46. The minimum absolute atomic E-state index is 0.129. The van der Waals surface area contributed by atoms with Crippen LogP contribution in [0.25, 0.3) is 0 Å². The first kappa shape index (κ1) is 18.9. The molecular weight excluding hydrogens is 352 g/mol. The van der Waals surface area contributed by atoms with E-state index in [0.29, 0.717) is 10.4 Å². The maximum absolute atomic E-state index is 14.2. The van der Waals surface area contributed by atoms with Crippen LogP contribution in [0, 0.1) is 11.6 Å². The Kier molecular flexibility index (Phi) is 5.73. The summed E-state index contributed by atoms with van der Waals surface area (Å²) >= 11 is 0. The number of anilines is 1.